The summed E-state index contributed by atoms with van der Waals surface area (Å²) >= 11 is 0.829. The molecule has 3 aromatic rings. The molecule has 230 valence electrons. The van der Waals surface area contributed by atoms with Crippen molar-refractivity contribution in [2.75, 3.05) is 7.05 Å². The Kier molecular flexibility index (Phi) is 10.1. The smallest absolute Gasteiger partial charge is 0.293 e. The van der Waals surface area contributed by atoms with Crippen molar-refractivity contribution in [3.05, 3.63) is 93.2 Å². The van der Waals surface area contributed by atoms with E-state index >= 15 is 0 Å². The molecule has 0 radical (unpaired) electrons. The van der Waals surface area contributed by atoms with Crippen LogP contribution in [0.2, 0.25) is 0 Å². The van der Waals surface area contributed by atoms with E-state index in [0.29, 0.717) is 23.2 Å². The van der Waals surface area contributed by atoms with Gasteiger partial charge in [0.2, 0.25) is 5.91 Å². The van der Waals surface area contributed by atoms with Crippen LogP contribution >= 0.6 is 11.8 Å². The van der Waals surface area contributed by atoms with Crippen molar-refractivity contribution in [1.82, 2.24) is 26.0 Å². The third kappa shape index (κ3) is 7.67. The molecule has 2 heterocycles. The van der Waals surface area contributed by atoms with Crippen LogP contribution in [0.25, 0.3) is 6.08 Å². The molecule has 1 fully saturated rings. The van der Waals surface area contributed by atoms with Crippen LogP contribution in [0.3, 0.4) is 0 Å². The SMILES string of the molecule is Cc1ccc(CNC(=O)[C@H](Cc2cccc(C=C3SC(=O)N(C)C3=O)c2)N[C@](C=O)(NC(=O)c2cc(C)on2)[C@@H](C)O)cc1. The molecule has 4 rings (SSSR count). The van der Waals surface area contributed by atoms with Gasteiger partial charge in [0, 0.05) is 19.7 Å². The number of imide groups is 1. The molecule has 2 aromatic carbocycles. The summed E-state index contributed by atoms with van der Waals surface area (Å²) in [5.41, 5.74) is 0.984. The molecular formula is C31H33N5O7S. The summed E-state index contributed by atoms with van der Waals surface area (Å²) in [4.78, 5) is 64.7. The summed E-state index contributed by atoms with van der Waals surface area (Å²) in [5.74, 6) is -1.34. The Balaban J connectivity index is 1.62. The molecule has 0 spiro atoms. The Labute approximate surface area is 258 Å². The maximum atomic E-state index is 13.6. The van der Waals surface area contributed by atoms with E-state index in [0.717, 1.165) is 27.8 Å². The number of aliphatic hydroxyl groups excluding tert-OH is 1. The Morgan fingerprint density at radius 3 is 2.43 bits per heavy atom. The fourth-order valence-electron chi connectivity index (χ4n) is 4.41. The first-order valence-electron chi connectivity index (χ1n) is 13.7. The average molecular weight is 620 g/mol. The fraction of sp³-hybridized carbons (Fsp3) is 0.290. The second kappa shape index (κ2) is 13.8. The molecule has 0 aliphatic carbocycles. The van der Waals surface area contributed by atoms with E-state index in [1.165, 1.54) is 20.0 Å². The van der Waals surface area contributed by atoms with Crippen molar-refractivity contribution in [1.29, 1.82) is 0 Å². The molecule has 0 bridgehead atoms. The van der Waals surface area contributed by atoms with Gasteiger partial charge in [-0.3, -0.25) is 34.2 Å². The molecule has 1 aromatic heterocycles. The van der Waals surface area contributed by atoms with Gasteiger partial charge in [0.25, 0.3) is 17.1 Å². The topological polar surface area (TPSA) is 171 Å². The highest BCUT2D eigenvalue weighted by Gasteiger charge is 2.41. The maximum absolute atomic E-state index is 13.6. The lowest BCUT2D eigenvalue weighted by molar-refractivity contribution is -0.126. The van der Waals surface area contributed by atoms with Crippen molar-refractivity contribution in [2.45, 2.75) is 51.5 Å². The zero-order chi connectivity index (χ0) is 32.0. The Bertz CT molecular complexity index is 1600. The van der Waals surface area contributed by atoms with Crippen LogP contribution in [0, 0.1) is 13.8 Å². The van der Waals surface area contributed by atoms with Crippen LogP contribution in [0.15, 0.2) is 64.0 Å². The maximum Gasteiger partial charge on any atom is 0.293 e. The van der Waals surface area contributed by atoms with E-state index < -0.39 is 35.5 Å². The molecule has 0 saturated carbocycles. The lowest BCUT2D eigenvalue weighted by atomic mass is 9.98. The number of aryl methyl sites for hydroxylation is 2. The molecular weight excluding hydrogens is 586 g/mol. The second-order valence-electron chi connectivity index (χ2n) is 10.5. The normalized spacial score (nSPS) is 16.8. The third-order valence-electron chi connectivity index (χ3n) is 7.02. The van der Waals surface area contributed by atoms with Gasteiger partial charge < -0.3 is 20.3 Å². The number of thioether (sulfide) groups is 1. The van der Waals surface area contributed by atoms with E-state index in [-0.39, 0.29) is 28.8 Å². The molecule has 13 heteroatoms. The van der Waals surface area contributed by atoms with Crippen molar-refractivity contribution >= 4 is 47.1 Å². The first-order chi connectivity index (χ1) is 20.9. The summed E-state index contributed by atoms with van der Waals surface area (Å²) in [7, 11) is 1.41. The molecule has 3 atom stereocenters. The number of nitrogens with one attached hydrogen (secondary N) is 3. The highest BCUT2D eigenvalue weighted by atomic mass is 32.2. The van der Waals surface area contributed by atoms with E-state index in [9.17, 15) is 29.1 Å². The number of carbonyl (C=O) groups is 5. The Morgan fingerprint density at radius 2 is 1.84 bits per heavy atom. The molecule has 1 aliphatic heterocycles. The zero-order valence-corrected chi connectivity index (χ0v) is 25.4. The van der Waals surface area contributed by atoms with Crippen molar-refractivity contribution in [2.24, 2.45) is 0 Å². The van der Waals surface area contributed by atoms with E-state index in [4.69, 9.17) is 4.52 Å². The van der Waals surface area contributed by atoms with Gasteiger partial charge >= 0.3 is 0 Å². The number of aromatic nitrogens is 1. The number of nitrogens with zero attached hydrogens (tertiary/aromatic N) is 2. The van der Waals surface area contributed by atoms with Gasteiger partial charge in [0.1, 0.15) is 5.76 Å². The Hall–Kier alpha value is -4.59. The first-order valence-corrected chi connectivity index (χ1v) is 14.5. The number of aldehydes is 1. The number of hydrogen-bond acceptors (Lipinski definition) is 10. The van der Waals surface area contributed by atoms with Gasteiger partial charge in [0.05, 0.1) is 17.1 Å². The number of amides is 4. The fourth-order valence-corrected chi connectivity index (χ4v) is 5.23. The van der Waals surface area contributed by atoms with Gasteiger partial charge in [-0.2, -0.15) is 0 Å². The quantitative estimate of drug-likeness (QED) is 0.134. The highest BCUT2D eigenvalue weighted by molar-refractivity contribution is 8.18. The minimum Gasteiger partial charge on any atom is -0.389 e. The number of likely N-dealkylation sites (N-methyl/N-ethyl adjacent to an activating group) is 1. The standard InChI is InChI=1S/C31H33N5O7S/c1-18-8-10-21(11-9-18)16-32-27(39)24(33-31(17-37,20(3)38)34-28(40)25-12-19(2)43-35-25)14-22-6-5-7-23(13-22)15-26-29(41)36(4)30(42)44-26/h5-13,15,17,20,24,33,38H,14,16H2,1-4H3,(H,32,39)(H,34,40)/t20-,24+,31-/m1/s1. The largest absolute Gasteiger partial charge is 0.389 e. The second-order valence-corrected chi connectivity index (χ2v) is 11.5. The van der Waals surface area contributed by atoms with Crippen LogP contribution in [0.5, 0.6) is 0 Å². The van der Waals surface area contributed by atoms with Gasteiger partial charge in [-0.05, 0) is 61.7 Å². The summed E-state index contributed by atoms with van der Waals surface area (Å²) in [6, 6.07) is 14.8. The van der Waals surface area contributed by atoms with Crippen LogP contribution in [-0.4, -0.2) is 69.3 Å². The van der Waals surface area contributed by atoms with Crippen molar-refractivity contribution < 1.29 is 33.6 Å². The summed E-state index contributed by atoms with van der Waals surface area (Å²) in [5, 5.41) is 22.2. The van der Waals surface area contributed by atoms with Crippen LogP contribution in [-0.2, 0) is 27.3 Å². The van der Waals surface area contributed by atoms with Crippen molar-refractivity contribution in [3.63, 3.8) is 0 Å². The summed E-state index contributed by atoms with van der Waals surface area (Å²) in [6.45, 7) is 5.04. The zero-order valence-electron chi connectivity index (χ0n) is 24.6. The molecule has 1 saturated heterocycles. The molecule has 4 amide bonds. The predicted octanol–water partition coefficient (Wildman–Crippen LogP) is 2.48. The lowest BCUT2D eigenvalue weighted by Crippen LogP contribution is -2.70. The minimum atomic E-state index is -2.08. The Morgan fingerprint density at radius 1 is 1.11 bits per heavy atom. The molecule has 0 unspecified atom stereocenters. The van der Waals surface area contributed by atoms with Gasteiger partial charge in [-0.1, -0.05) is 59.3 Å². The number of hydrogen-bond donors (Lipinski definition) is 4. The first kappa shape index (κ1) is 32.3. The van der Waals surface area contributed by atoms with E-state index in [1.54, 1.807) is 37.3 Å². The van der Waals surface area contributed by atoms with Crippen LogP contribution in [0.4, 0.5) is 4.79 Å². The van der Waals surface area contributed by atoms with Gasteiger partial charge in [0.15, 0.2) is 17.6 Å². The van der Waals surface area contributed by atoms with Crippen LogP contribution in [0.1, 0.15) is 45.4 Å². The molecule has 44 heavy (non-hydrogen) atoms. The van der Waals surface area contributed by atoms with Gasteiger partial charge in [-0.15, -0.1) is 0 Å². The van der Waals surface area contributed by atoms with Crippen molar-refractivity contribution in [3.8, 4) is 0 Å². The van der Waals surface area contributed by atoms with Crippen LogP contribution < -0.4 is 16.0 Å². The third-order valence-corrected chi connectivity index (χ3v) is 7.98. The van der Waals surface area contributed by atoms with Gasteiger partial charge in [-0.25, -0.2) is 0 Å². The molecule has 4 N–H and O–H groups in total. The number of benzene rings is 2. The molecule has 12 nitrogen and oxygen atoms in total. The number of aliphatic hydroxyl groups is 1. The van der Waals surface area contributed by atoms with E-state index in [2.05, 4.69) is 21.1 Å². The molecule has 1 aliphatic rings. The predicted molar refractivity (Wildman–Crippen MR) is 163 cm³/mol. The minimum absolute atomic E-state index is 0.0257. The number of carbonyl (C=O) groups excluding carboxylic acids is 5. The monoisotopic (exact) mass is 619 g/mol. The van der Waals surface area contributed by atoms with E-state index in [1.807, 2.05) is 31.2 Å². The number of rotatable bonds is 12. The average Bonchev–Trinajstić information content (AvgIpc) is 3.54. The summed E-state index contributed by atoms with van der Waals surface area (Å²) in [6.07, 6.45) is 0.474. The summed E-state index contributed by atoms with van der Waals surface area (Å²) < 4.78 is 4.96. The highest BCUT2D eigenvalue weighted by Crippen LogP contribution is 2.31. The lowest BCUT2D eigenvalue weighted by Gasteiger charge is -2.36.